The van der Waals surface area contributed by atoms with Crippen molar-refractivity contribution < 1.29 is 0 Å². The molecule has 0 radical (unpaired) electrons. The number of hydrogen-bond acceptors (Lipinski definition) is 1. The van der Waals surface area contributed by atoms with Gasteiger partial charge in [0.25, 0.3) is 0 Å². The van der Waals surface area contributed by atoms with E-state index in [0.717, 1.165) is 6.42 Å². The molecule has 66 valence electrons. The second kappa shape index (κ2) is 5.39. The summed E-state index contributed by atoms with van der Waals surface area (Å²) in [6.45, 7) is 2.19. The van der Waals surface area contributed by atoms with E-state index in [2.05, 4.69) is 80.2 Å². The van der Waals surface area contributed by atoms with Gasteiger partial charge in [-0.05, 0) is 53.6 Å². The Kier molecular flexibility index (Phi) is 4.81. The molecule has 0 bridgehead atoms. The lowest BCUT2D eigenvalue weighted by molar-refractivity contribution is 0.707. The van der Waals surface area contributed by atoms with Crippen molar-refractivity contribution in [1.29, 1.82) is 0 Å². The van der Waals surface area contributed by atoms with Crippen LogP contribution in [-0.4, -0.2) is 6.04 Å². The SMILES string of the molecule is C[C@@H](Cc1cccc(I)c1)NI. The highest BCUT2D eigenvalue weighted by Gasteiger charge is 2.00. The van der Waals surface area contributed by atoms with Crippen LogP contribution in [0, 0.1) is 3.57 Å². The fourth-order valence-corrected chi connectivity index (χ4v) is 1.88. The first-order chi connectivity index (χ1) is 5.72. The molecule has 0 saturated carbocycles. The summed E-state index contributed by atoms with van der Waals surface area (Å²) >= 11 is 4.54. The van der Waals surface area contributed by atoms with Gasteiger partial charge in [0.1, 0.15) is 0 Å². The van der Waals surface area contributed by atoms with Crippen molar-refractivity contribution in [2.45, 2.75) is 19.4 Å². The van der Waals surface area contributed by atoms with Gasteiger partial charge in [-0.1, -0.05) is 12.1 Å². The molecule has 0 fully saturated rings. The minimum Gasteiger partial charge on any atom is -0.258 e. The van der Waals surface area contributed by atoms with Crippen LogP contribution < -0.4 is 3.53 Å². The first-order valence-electron chi connectivity index (χ1n) is 3.83. The molecule has 0 aromatic heterocycles. The summed E-state index contributed by atoms with van der Waals surface area (Å²) in [5.41, 5.74) is 1.40. The van der Waals surface area contributed by atoms with Crippen molar-refractivity contribution in [2.24, 2.45) is 0 Å². The molecular weight excluding hydrogens is 376 g/mol. The average Bonchev–Trinajstić information content (AvgIpc) is 2.04. The Labute approximate surface area is 101 Å². The van der Waals surface area contributed by atoms with Crippen molar-refractivity contribution >= 4 is 45.5 Å². The zero-order valence-corrected chi connectivity index (χ0v) is 11.2. The summed E-state index contributed by atoms with van der Waals surface area (Å²) in [4.78, 5) is 0. The van der Waals surface area contributed by atoms with Gasteiger partial charge < -0.3 is 0 Å². The minimum atomic E-state index is 0.545. The predicted octanol–water partition coefficient (Wildman–Crippen LogP) is 3.16. The third-order valence-corrected chi connectivity index (χ3v) is 3.35. The molecule has 1 atom stereocenters. The van der Waals surface area contributed by atoms with Crippen LogP contribution >= 0.6 is 45.5 Å². The van der Waals surface area contributed by atoms with Crippen molar-refractivity contribution in [3.05, 3.63) is 33.4 Å². The molecular formula is C9H11I2N. The zero-order chi connectivity index (χ0) is 8.97. The molecule has 1 rings (SSSR count). The summed E-state index contributed by atoms with van der Waals surface area (Å²) in [5.74, 6) is 0. The van der Waals surface area contributed by atoms with Gasteiger partial charge >= 0.3 is 0 Å². The van der Waals surface area contributed by atoms with Crippen LogP contribution in [0.3, 0.4) is 0 Å². The smallest absolute Gasteiger partial charge is 0.0175 e. The average molecular weight is 387 g/mol. The molecule has 1 aromatic rings. The van der Waals surface area contributed by atoms with Gasteiger partial charge in [0.05, 0.1) is 0 Å². The first-order valence-corrected chi connectivity index (χ1v) is 5.98. The van der Waals surface area contributed by atoms with E-state index in [1.54, 1.807) is 0 Å². The van der Waals surface area contributed by atoms with Gasteiger partial charge in [0.15, 0.2) is 0 Å². The van der Waals surface area contributed by atoms with Gasteiger partial charge in [-0.15, -0.1) is 0 Å². The van der Waals surface area contributed by atoms with E-state index in [1.165, 1.54) is 9.13 Å². The van der Waals surface area contributed by atoms with E-state index in [9.17, 15) is 0 Å². The van der Waals surface area contributed by atoms with Gasteiger partial charge in [0, 0.05) is 32.5 Å². The quantitative estimate of drug-likeness (QED) is 0.621. The minimum absolute atomic E-state index is 0.545. The van der Waals surface area contributed by atoms with Crippen LogP contribution in [-0.2, 0) is 6.42 Å². The topological polar surface area (TPSA) is 12.0 Å². The molecule has 1 aromatic carbocycles. The highest BCUT2D eigenvalue weighted by Crippen LogP contribution is 2.09. The van der Waals surface area contributed by atoms with Gasteiger partial charge in [-0.2, -0.15) is 0 Å². The molecule has 0 saturated heterocycles. The van der Waals surface area contributed by atoms with Crippen molar-refractivity contribution in [3.63, 3.8) is 0 Å². The largest absolute Gasteiger partial charge is 0.258 e. The number of benzene rings is 1. The van der Waals surface area contributed by atoms with E-state index < -0.39 is 0 Å². The zero-order valence-electron chi connectivity index (χ0n) is 6.85. The summed E-state index contributed by atoms with van der Waals surface area (Å²) in [7, 11) is 0. The molecule has 3 heteroatoms. The Morgan fingerprint density at radius 2 is 2.25 bits per heavy atom. The fraction of sp³-hybridized carbons (Fsp3) is 0.333. The van der Waals surface area contributed by atoms with E-state index >= 15 is 0 Å². The summed E-state index contributed by atoms with van der Waals surface area (Å²) < 4.78 is 4.51. The molecule has 0 amide bonds. The number of hydrogen-bond donors (Lipinski definition) is 1. The highest BCUT2D eigenvalue weighted by molar-refractivity contribution is 14.1. The lowest BCUT2D eigenvalue weighted by Gasteiger charge is -2.08. The van der Waals surface area contributed by atoms with Crippen LogP contribution in [0.4, 0.5) is 0 Å². The number of halogens is 2. The van der Waals surface area contributed by atoms with Gasteiger partial charge in [0.2, 0.25) is 0 Å². The lowest BCUT2D eigenvalue weighted by Crippen LogP contribution is -2.18. The van der Waals surface area contributed by atoms with Crippen molar-refractivity contribution in [2.75, 3.05) is 0 Å². The molecule has 0 heterocycles. The van der Waals surface area contributed by atoms with Crippen LogP contribution in [0.1, 0.15) is 12.5 Å². The Morgan fingerprint density at radius 1 is 1.50 bits per heavy atom. The van der Waals surface area contributed by atoms with E-state index in [0.29, 0.717) is 6.04 Å². The number of rotatable bonds is 3. The first kappa shape index (κ1) is 10.7. The second-order valence-electron chi connectivity index (χ2n) is 2.84. The molecule has 1 nitrogen and oxygen atoms in total. The Hall–Kier alpha value is 0.640. The fourth-order valence-electron chi connectivity index (χ4n) is 1.06. The molecule has 1 N–H and O–H groups in total. The molecule has 12 heavy (non-hydrogen) atoms. The van der Waals surface area contributed by atoms with Crippen LogP contribution in [0.25, 0.3) is 0 Å². The second-order valence-corrected chi connectivity index (χ2v) is 4.71. The summed E-state index contributed by atoms with van der Waals surface area (Å²) in [6.07, 6.45) is 1.10. The highest BCUT2D eigenvalue weighted by atomic mass is 127. The predicted molar refractivity (Wildman–Crippen MR) is 69.5 cm³/mol. The van der Waals surface area contributed by atoms with Crippen molar-refractivity contribution in [1.82, 2.24) is 3.53 Å². The standard InChI is InChI=1S/C9H11I2N/c1-7(12-11)5-8-3-2-4-9(10)6-8/h2-4,6-7,12H,5H2,1H3/t7-/m0/s1. The van der Waals surface area contributed by atoms with Gasteiger partial charge in [-0.3, -0.25) is 3.53 Å². The Bertz CT molecular complexity index is 250. The lowest BCUT2D eigenvalue weighted by atomic mass is 10.1. The number of nitrogens with one attached hydrogen (secondary N) is 1. The van der Waals surface area contributed by atoms with Crippen molar-refractivity contribution in [3.8, 4) is 0 Å². The normalized spacial score (nSPS) is 12.9. The Morgan fingerprint density at radius 3 is 2.83 bits per heavy atom. The monoisotopic (exact) mass is 387 g/mol. The maximum absolute atomic E-state index is 3.20. The third kappa shape index (κ3) is 3.57. The van der Waals surface area contributed by atoms with E-state index in [4.69, 9.17) is 0 Å². The van der Waals surface area contributed by atoms with Crippen LogP contribution in [0.15, 0.2) is 24.3 Å². The van der Waals surface area contributed by atoms with E-state index in [1.807, 2.05) is 0 Å². The summed E-state index contributed by atoms with van der Waals surface area (Å²) in [6, 6.07) is 9.17. The molecule has 0 unspecified atom stereocenters. The molecule has 0 aliphatic heterocycles. The Balaban J connectivity index is 2.63. The third-order valence-electron chi connectivity index (χ3n) is 1.62. The maximum atomic E-state index is 3.20. The summed E-state index contributed by atoms with van der Waals surface area (Å²) in [5, 5.41) is 0. The van der Waals surface area contributed by atoms with Gasteiger partial charge in [-0.25, -0.2) is 0 Å². The van der Waals surface area contributed by atoms with Crippen LogP contribution in [0.2, 0.25) is 0 Å². The van der Waals surface area contributed by atoms with E-state index in [-0.39, 0.29) is 0 Å². The molecule has 0 aliphatic carbocycles. The van der Waals surface area contributed by atoms with Crippen LogP contribution in [0.5, 0.6) is 0 Å². The maximum Gasteiger partial charge on any atom is 0.0175 e. The molecule has 0 aliphatic rings. The molecule has 0 spiro atoms.